The van der Waals surface area contributed by atoms with Gasteiger partial charge in [-0.25, -0.2) is 0 Å². The minimum atomic E-state index is -0.400. The van der Waals surface area contributed by atoms with E-state index in [9.17, 15) is 4.79 Å². The fraction of sp³-hybridized carbons (Fsp3) is 0.312. The van der Waals surface area contributed by atoms with Crippen LogP contribution >= 0.6 is 11.3 Å². The second-order valence-corrected chi connectivity index (χ2v) is 6.29. The predicted octanol–water partition coefficient (Wildman–Crippen LogP) is 3.38. The molecule has 0 unspecified atom stereocenters. The lowest BCUT2D eigenvalue weighted by molar-refractivity contribution is 0.0962. The molecule has 2 heterocycles. The minimum Gasteiger partial charge on any atom is -0.351 e. The summed E-state index contributed by atoms with van der Waals surface area (Å²) in [4.78, 5) is 17.1. The van der Waals surface area contributed by atoms with Crippen molar-refractivity contribution in [1.29, 1.82) is 0 Å². The SMILES string of the molecule is CCn1c(=NC(=O)c2cc(C)no2)sc2cc(C)c(C)cc21. The molecular weight excluding hydrogens is 298 g/mol. The number of aryl methyl sites for hydroxylation is 4. The third-order valence-electron chi connectivity index (χ3n) is 3.65. The molecule has 0 radical (unpaired) electrons. The molecule has 0 fully saturated rings. The van der Waals surface area contributed by atoms with E-state index < -0.39 is 5.91 Å². The van der Waals surface area contributed by atoms with Gasteiger partial charge in [-0.05, 0) is 51.0 Å². The molecule has 2 aromatic heterocycles. The first-order chi connectivity index (χ1) is 10.5. The number of fused-ring (bicyclic) bond motifs is 1. The van der Waals surface area contributed by atoms with E-state index in [0.717, 1.165) is 16.8 Å². The molecular formula is C16H17N3O2S. The van der Waals surface area contributed by atoms with Crippen LogP contribution < -0.4 is 4.80 Å². The van der Waals surface area contributed by atoms with Crippen molar-refractivity contribution in [2.75, 3.05) is 0 Å². The molecule has 1 amide bonds. The van der Waals surface area contributed by atoms with Gasteiger partial charge in [-0.2, -0.15) is 4.99 Å². The van der Waals surface area contributed by atoms with E-state index in [0.29, 0.717) is 10.5 Å². The Balaban J connectivity index is 2.17. The van der Waals surface area contributed by atoms with E-state index in [1.807, 2.05) is 11.5 Å². The van der Waals surface area contributed by atoms with E-state index >= 15 is 0 Å². The van der Waals surface area contributed by atoms with Crippen LogP contribution in [0.15, 0.2) is 27.7 Å². The zero-order valence-electron chi connectivity index (χ0n) is 13.0. The summed E-state index contributed by atoms with van der Waals surface area (Å²) in [6.45, 7) is 8.75. The molecule has 6 heteroatoms. The number of nitrogens with zero attached hydrogens (tertiary/aromatic N) is 3. The molecule has 1 aromatic carbocycles. The molecule has 0 atom stereocenters. The third kappa shape index (κ3) is 2.50. The number of thiazole rings is 1. The lowest BCUT2D eigenvalue weighted by Crippen LogP contribution is -2.15. The standard InChI is InChI=1S/C16H17N3O2S/c1-5-19-12-6-9(2)10(3)7-14(12)22-16(19)17-15(20)13-8-11(4)18-21-13/h6-8H,5H2,1-4H3. The van der Waals surface area contributed by atoms with Crippen LogP contribution in [0.1, 0.15) is 34.3 Å². The molecule has 0 aliphatic rings. The highest BCUT2D eigenvalue weighted by Crippen LogP contribution is 2.22. The maximum absolute atomic E-state index is 12.2. The van der Waals surface area contributed by atoms with Crippen molar-refractivity contribution >= 4 is 27.5 Å². The summed E-state index contributed by atoms with van der Waals surface area (Å²) in [7, 11) is 0. The van der Waals surface area contributed by atoms with E-state index in [4.69, 9.17) is 4.52 Å². The monoisotopic (exact) mass is 315 g/mol. The average Bonchev–Trinajstić information content (AvgIpc) is 3.03. The summed E-state index contributed by atoms with van der Waals surface area (Å²) < 4.78 is 8.17. The number of hydrogen-bond acceptors (Lipinski definition) is 4. The van der Waals surface area contributed by atoms with Gasteiger partial charge in [0.25, 0.3) is 0 Å². The number of rotatable bonds is 2. The number of carbonyl (C=O) groups excluding carboxylic acids is 1. The number of benzene rings is 1. The number of amides is 1. The van der Waals surface area contributed by atoms with Crippen LogP contribution in [0.2, 0.25) is 0 Å². The summed E-state index contributed by atoms with van der Waals surface area (Å²) in [5.41, 5.74) is 4.25. The van der Waals surface area contributed by atoms with Crippen molar-refractivity contribution < 1.29 is 9.32 Å². The molecule has 114 valence electrons. The van der Waals surface area contributed by atoms with E-state index in [2.05, 4.69) is 36.1 Å². The lowest BCUT2D eigenvalue weighted by Gasteiger charge is -2.03. The Kier molecular flexibility index (Phi) is 3.70. The largest absolute Gasteiger partial charge is 0.351 e. The molecule has 5 nitrogen and oxygen atoms in total. The molecule has 0 saturated heterocycles. The van der Waals surface area contributed by atoms with Gasteiger partial charge in [0.2, 0.25) is 5.76 Å². The fourth-order valence-electron chi connectivity index (χ4n) is 2.32. The quantitative estimate of drug-likeness (QED) is 0.728. The van der Waals surface area contributed by atoms with E-state index in [1.54, 1.807) is 13.0 Å². The Morgan fingerprint density at radius 3 is 2.64 bits per heavy atom. The van der Waals surface area contributed by atoms with Gasteiger partial charge in [-0.1, -0.05) is 16.5 Å². The zero-order valence-corrected chi connectivity index (χ0v) is 13.8. The van der Waals surface area contributed by atoms with Gasteiger partial charge in [0.1, 0.15) is 0 Å². The molecule has 0 saturated carbocycles. The molecule has 22 heavy (non-hydrogen) atoms. The Morgan fingerprint density at radius 1 is 1.27 bits per heavy atom. The van der Waals surface area contributed by atoms with Crippen LogP contribution in [0.5, 0.6) is 0 Å². The molecule has 3 rings (SSSR count). The highest BCUT2D eigenvalue weighted by molar-refractivity contribution is 7.16. The van der Waals surface area contributed by atoms with E-state index in [-0.39, 0.29) is 5.76 Å². The van der Waals surface area contributed by atoms with Gasteiger partial charge in [-0.15, -0.1) is 0 Å². The Labute approximate surface area is 131 Å². The summed E-state index contributed by atoms with van der Waals surface area (Å²) in [5, 5.41) is 3.73. The van der Waals surface area contributed by atoms with Gasteiger partial charge in [0.05, 0.1) is 15.9 Å². The maximum Gasteiger partial charge on any atom is 0.318 e. The Bertz CT molecular complexity index is 931. The molecule has 3 aromatic rings. The maximum atomic E-state index is 12.2. The first-order valence-corrected chi connectivity index (χ1v) is 7.94. The highest BCUT2D eigenvalue weighted by Gasteiger charge is 2.13. The Morgan fingerprint density at radius 2 is 2.00 bits per heavy atom. The van der Waals surface area contributed by atoms with Gasteiger partial charge < -0.3 is 9.09 Å². The highest BCUT2D eigenvalue weighted by atomic mass is 32.1. The average molecular weight is 315 g/mol. The first kappa shape index (κ1) is 14.7. The van der Waals surface area contributed by atoms with Crippen LogP contribution in [0.4, 0.5) is 0 Å². The molecule has 0 spiro atoms. The van der Waals surface area contributed by atoms with E-state index in [1.165, 1.54) is 22.5 Å². The number of carbonyl (C=O) groups is 1. The number of hydrogen-bond donors (Lipinski definition) is 0. The van der Waals surface area contributed by atoms with Gasteiger partial charge in [0, 0.05) is 12.6 Å². The molecule has 0 aliphatic heterocycles. The zero-order chi connectivity index (χ0) is 15.9. The predicted molar refractivity (Wildman–Crippen MR) is 86.1 cm³/mol. The van der Waals surface area contributed by atoms with Crippen molar-refractivity contribution in [3.8, 4) is 0 Å². The minimum absolute atomic E-state index is 0.171. The van der Waals surface area contributed by atoms with Crippen molar-refractivity contribution in [3.05, 3.63) is 45.6 Å². The summed E-state index contributed by atoms with van der Waals surface area (Å²) in [6, 6.07) is 5.89. The van der Waals surface area contributed by atoms with Crippen molar-refractivity contribution in [2.45, 2.75) is 34.2 Å². The smallest absolute Gasteiger partial charge is 0.318 e. The van der Waals surface area contributed by atoms with Gasteiger partial charge in [0.15, 0.2) is 4.80 Å². The topological polar surface area (TPSA) is 60.4 Å². The second kappa shape index (κ2) is 5.53. The molecule has 0 N–H and O–H groups in total. The normalized spacial score (nSPS) is 12.3. The lowest BCUT2D eigenvalue weighted by atomic mass is 10.1. The van der Waals surface area contributed by atoms with Crippen LogP contribution in [0.25, 0.3) is 10.2 Å². The molecule has 0 aliphatic carbocycles. The Hall–Kier alpha value is -2.21. The second-order valence-electron chi connectivity index (χ2n) is 5.28. The summed E-state index contributed by atoms with van der Waals surface area (Å²) in [5.74, 6) is -0.229. The van der Waals surface area contributed by atoms with Crippen LogP contribution in [0, 0.1) is 20.8 Å². The molecule has 0 bridgehead atoms. The van der Waals surface area contributed by atoms with Crippen molar-refractivity contribution in [2.24, 2.45) is 4.99 Å². The van der Waals surface area contributed by atoms with Gasteiger partial charge in [-0.3, -0.25) is 4.79 Å². The van der Waals surface area contributed by atoms with Crippen LogP contribution in [-0.4, -0.2) is 15.6 Å². The van der Waals surface area contributed by atoms with Gasteiger partial charge >= 0.3 is 5.91 Å². The third-order valence-corrected chi connectivity index (χ3v) is 4.69. The van der Waals surface area contributed by atoms with Crippen LogP contribution in [0.3, 0.4) is 0 Å². The fourth-order valence-corrected chi connectivity index (χ4v) is 3.49. The summed E-state index contributed by atoms with van der Waals surface area (Å²) >= 11 is 1.51. The van der Waals surface area contributed by atoms with Crippen LogP contribution in [-0.2, 0) is 6.54 Å². The van der Waals surface area contributed by atoms with Crippen molar-refractivity contribution in [1.82, 2.24) is 9.72 Å². The first-order valence-electron chi connectivity index (χ1n) is 7.12. The number of aromatic nitrogens is 2. The van der Waals surface area contributed by atoms with Crippen molar-refractivity contribution in [3.63, 3.8) is 0 Å². The summed E-state index contributed by atoms with van der Waals surface area (Å²) in [6.07, 6.45) is 0.